The van der Waals surface area contributed by atoms with E-state index in [1.165, 1.54) is 42.5 Å². The van der Waals surface area contributed by atoms with Gasteiger partial charge in [0.15, 0.2) is 5.82 Å². The molecule has 3 N–H and O–H groups in total. The van der Waals surface area contributed by atoms with Gasteiger partial charge < -0.3 is 15.6 Å². The number of phenols is 1. The predicted molar refractivity (Wildman–Crippen MR) is 105 cm³/mol. The van der Waals surface area contributed by atoms with Crippen LogP contribution < -0.4 is 5.32 Å². The molecule has 0 saturated heterocycles. The average molecular weight is 390 g/mol. The van der Waals surface area contributed by atoms with E-state index >= 15 is 0 Å². The van der Waals surface area contributed by atoms with Gasteiger partial charge in [0.25, 0.3) is 11.6 Å². The molecule has 29 heavy (non-hydrogen) atoms. The van der Waals surface area contributed by atoms with Crippen LogP contribution in [0.3, 0.4) is 0 Å². The number of amides is 1. The lowest BCUT2D eigenvalue weighted by Crippen LogP contribution is -2.11. The number of aromatic hydroxyl groups is 1. The third-order valence-electron chi connectivity index (χ3n) is 4.36. The third-order valence-corrected chi connectivity index (χ3v) is 4.36. The fraction of sp³-hybridized carbons (Fsp3) is 0. The maximum Gasteiger partial charge on any atom is 0.271 e. The first-order chi connectivity index (χ1) is 13.9. The third kappa shape index (κ3) is 3.44. The first kappa shape index (κ1) is 18.0. The zero-order valence-electron chi connectivity index (χ0n) is 14.8. The van der Waals surface area contributed by atoms with Crippen LogP contribution >= 0.6 is 0 Å². The molecule has 0 unspecified atom stereocenters. The molecule has 0 bridgehead atoms. The number of phenolic OH excluding ortho intramolecular Hbond substituents is 1. The Morgan fingerprint density at radius 2 is 1.72 bits per heavy atom. The van der Waals surface area contributed by atoms with E-state index in [4.69, 9.17) is 0 Å². The molecule has 0 spiro atoms. The van der Waals surface area contributed by atoms with E-state index in [9.17, 15) is 25.2 Å². The van der Waals surface area contributed by atoms with Gasteiger partial charge in [0.2, 0.25) is 0 Å². The Labute approximate surface area is 163 Å². The van der Waals surface area contributed by atoms with Crippen molar-refractivity contribution in [3.63, 3.8) is 0 Å². The molecule has 0 atom stereocenters. The summed E-state index contributed by atoms with van der Waals surface area (Å²) in [5.74, 6) is -0.0421. The summed E-state index contributed by atoms with van der Waals surface area (Å²) in [4.78, 5) is 26.9. The molecule has 1 aromatic heterocycles. The molecule has 0 aliphatic carbocycles. The van der Waals surface area contributed by atoms with Crippen LogP contribution in [0.2, 0.25) is 0 Å². The highest BCUT2D eigenvalue weighted by Gasteiger charge is 2.16. The molecular weight excluding hydrogens is 376 g/mol. The Morgan fingerprint density at radius 1 is 1.03 bits per heavy atom. The van der Waals surface area contributed by atoms with Crippen LogP contribution in [-0.4, -0.2) is 30.9 Å². The van der Waals surface area contributed by atoms with Crippen LogP contribution in [0, 0.1) is 10.1 Å². The van der Waals surface area contributed by atoms with Crippen molar-refractivity contribution < 1.29 is 20.0 Å². The number of nitrogens with one attached hydrogen (secondary N) is 1. The van der Waals surface area contributed by atoms with Crippen molar-refractivity contribution in [1.29, 1.82) is 0 Å². The number of carbonyl (C=O) groups is 1. The first-order valence-electron chi connectivity index (χ1n) is 8.49. The van der Waals surface area contributed by atoms with E-state index in [1.54, 1.807) is 24.3 Å². The smallest absolute Gasteiger partial charge is 0.271 e. The van der Waals surface area contributed by atoms with Gasteiger partial charge in [0, 0.05) is 28.9 Å². The van der Waals surface area contributed by atoms with E-state index in [-0.39, 0.29) is 28.7 Å². The van der Waals surface area contributed by atoms with Gasteiger partial charge in [-0.25, -0.2) is 4.98 Å². The largest absolute Gasteiger partial charge is 0.508 e. The fourth-order valence-electron chi connectivity index (χ4n) is 2.87. The molecule has 0 radical (unpaired) electrons. The van der Waals surface area contributed by atoms with Gasteiger partial charge in [-0.15, -0.1) is 0 Å². The summed E-state index contributed by atoms with van der Waals surface area (Å²) in [5, 5.41) is 33.3. The number of nitro benzene ring substituents is 1. The van der Waals surface area contributed by atoms with Crippen LogP contribution in [0.4, 0.5) is 11.4 Å². The molecular formula is C20H14N4O5. The van der Waals surface area contributed by atoms with E-state index < -0.39 is 4.92 Å². The highest BCUT2D eigenvalue weighted by molar-refractivity contribution is 6.04. The quantitative estimate of drug-likeness (QED) is 0.276. The number of aromatic nitrogens is 2. The number of hydrogen-bond acceptors (Lipinski definition) is 6. The number of rotatable bonds is 4. The van der Waals surface area contributed by atoms with Crippen molar-refractivity contribution in [2.75, 3.05) is 5.32 Å². The number of anilines is 1. The number of imidazole rings is 1. The molecule has 0 aliphatic heterocycles. The molecule has 9 heteroatoms. The Morgan fingerprint density at radius 3 is 2.38 bits per heavy atom. The topological polar surface area (TPSA) is 131 Å². The molecule has 0 aliphatic rings. The summed E-state index contributed by atoms with van der Waals surface area (Å²) < 4.78 is 0.798. The molecule has 3 aromatic carbocycles. The molecule has 1 heterocycles. The number of hydrogen-bond donors (Lipinski definition) is 3. The second-order valence-corrected chi connectivity index (χ2v) is 6.26. The van der Waals surface area contributed by atoms with Crippen molar-refractivity contribution >= 4 is 28.3 Å². The van der Waals surface area contributed by atoms with Gasteiger partial charge in [0.1, 0.15) is 11.3 Å². The normalized spacial score (nSPS) is 10.8. The minimum Gasteiger partial charge on any atom is -0.508 e. The zero-order chi connectivity index (χ0) is 20.5. The Bertz CT molecular complexity index is 1230. The second-order valence-electron chi connectivity index (χ2n) is 6.26. The predicted octanol–water partition coefficient (Wildman–Crippen LogP) is 3.81. The summed E-state index contributed by atoms with van der Waals surface area (Å²) in [5.41, 5.74) is 1.98. The Kier molecular flexibility index (Phi) is 4.32. The van der Waals surface area contributed by atoms with E-state index in [2.05, 4.69) is 10.3 Å². The minimum atomic E-state index is -0.544. The lowest BCUT2D eigenvalue weighted by atomic mass is 10.1. The standard InChI is InChI=1S/C20H14N4O5/c25-16-8-3-13(4-9-16)20(26)21-14-5-1-12(2-6-14)19-22-17-10-7-15(24(28)29)11-18(17)23(19)27/h1-11,25,27H,(H,21,26). The number of fused-ring (bicyclic) bond motifs is 1. The van der Waals surface area contributed by atoms with Crippen molar-refractivity contribution in [2.24, 2.45) is 0 Å². The molecule has 4 aromatic rings. The van der Waals surface area contributed by atoms with Gasteiger partial charge in [-0.05, 0) is 54.6 Å². The van der Waals surface area contributed by atoms with E-state index in [0.717, 1.165) is 4.73 Å². The number of benzene rings is 3. The summed E-state index contributed by atoms with van der Waals surface area (Å²) in [7, 11) is 0. The van der Waals surface area contributed by atoms with Crippen LogP contribution in [0.15, 0.2) is 66.7 Å². The fourth-order valence-corrected chi connectivity index (χ4v) is 2.87. The number of carbonyl (C=O) groups excluding carboxylic acids is 1. The average Bonchev–Trinajstić information content (AvgIpc) is 3.05. The Hall–Kier alpha value is -4.40. The number of non-ortho nitro benzene ring substituents is 1. The van der Waals surface area contributed by atoms with Gasteiger partial charge in [-0.1, -0.05) is 0 Å². The SMILES string of the molecule is O=C(Nc1ccc(-c2nc3ccc([N+](=O)[O-])cc3n2O)cc1)c1ccc(O)cc1. The monoisotopic (exact) mass is 390 g/mol. The van der Waals surface area contributed by atoms with Crippen molar-refractivity contribution in [1.82, 2.24) is 9.71 Å². The van der Waals surface area contributed by atoms with Crippen LogP contribution in [0.25, 0.3) is 22.4 Å². The van der Waals surface area contributed by atoms with Crippen molar-refractivity contribution in [3.8, 4) is 17.1 Å². The van der Waals surface area contributed by atoms with Crippen molar-refractivity contribution in [2.45, 2.75) is 0 Å². The molecule has 9 nitrogen and oxygen atoms in total. The highest BCUT2D eigenvalue weighted by Crippen LogP contribution is 2.27. The maximum atomic E-state index is 12.2. The summed E-state index contributed by atoms with van der Waals surface area (Å²) in [6, 6.07) is 16.5. The number of nitro groups is 1. The second kappa shape index (κ2) is 6.97. The lowest BCUT2D eigenvalue weighted by molar-refractivity contribution is -0.384. The van der Waals surface area contributed by atoms with E-state index in [0.29, 0.717) is 22.3 Å². The molecule has 0 saturated carbocycles. The summed E-state index contributed by atoms with van der Waals surface area (Å²) >= 11 is 0. The number of nitrogens with zero attached hydrogens (tertiary/aromatic N) is 3. The summed E-state index contributed by atoms with van der Waals surface area (Å²) in [6.07, 6.45) is 0. The van der Waals surface area contributed by atoms with Crippen molar-refractivity contribution in [3.05, 3.63) is 82.4 Å². The molecule has 1 amide bonds. The summed E-state index contributed by atoms with van der Waals surface area (Å²) in [6.45, 7) is 0. The van der Waals surface area contributed by atoms with Crippen LogP contribution in [-0.2, 0) is 0 Å². The van der Waals surface area contributed by atoms with Crippen LogP contribution in [0.5, 0.6) is 5.75 Å². The van der Waals surface area contributed by atoms with Gasteiger partial charge in [-0.3, -0.25) is 14.9 Å². The lowest BCUT2D eigenvalue weighted by Gasteiger charge is -2.07. The molecule has 144 valence electrons. The van der Waals surface area contributed by atoms with Crippen LogP contribution in [0.1, 0.15) is 10.4 Å². The Balaban J connectivity index is 1.59. The molecule has 0 fully saturated rings. The van der Waals surface area contributed by atoms with Gasteiger partial charge in [-0.2, -0.15) is 4.73 Å². The molecule has 4 rings (SSSR count). The maximum absolute atomic E-state index is 12.2. The first-order valence-corrected chi connectivity index (χ1v) is 8.49. The highest BCUT2D eigenvalue weighted by atomic mass is 16.6. The zero-order valence-corrected chi connectivity index (χ0v) is 14.8. The minimum absolute atomic E-state index is 0.0723. The van der Waals surface area contributed by atoms with E-state index in [1.807, 2.05) is 0 Å². The van der Waals surface area contributed by atoms with Gasteiger partial charge in [0.05, 0.1) is 10.4 Å². The van der Waals surface area contributed by atoms with Gasteiger partial charge >= 0.3 is 0 Å².